The Morgan fingerprint density at radius 2 is 1.79 bits per heavy atom. The van der Waals surface area contributed by atoms with Crippen LogP contribution in [0, 0.1) is 6.92 Å². The van der Waals surface area contributed by atoms with Crippen LogP contribution in [0.2, 0.25) is 0 Å². The Balaban J connectivity index is 2.20. The second-order valence-corrected chi connectivity index (χ2v) is 10.5. The average molecular weight is 518 g/mol. The maximum Gasteiger partial charge on any atom is 0.261 e. The van der Waals surface area contributed by atoms with Crippen molar-refractivity contribution in [3.8, 4) is 5.75 Å². The summed E-state index contributed by atoms with van der Waals surface area (Å²) in [4.78, 5) is 27.7. The molecule has 2 unspecified atom stereocenters. The number of aryl methyl sites for hydroxylation is 1. The van der Waals surface area contributed by atoms with E-state index in [4.69, 9.17) is 4.74 Å². The fraction of sp³-hybridized carbons (Fsp3) is 0.481. The van der Waals surface area contributed by atoms with Gasteiger partial charge in [0.05, 0.1) is 4.47 Å². The van der Waals surface area contributed by atoms with Crippen molar-refractivity contribution in [3.63, 3.8) is 0 Å². The Bertz CT molecular complexity index is 968. The van der Waals surface area contributed by atoms with Gasteiger partial charge in [-0.15, -0.1) is 0 Å². The summed E-state index contributed by atoms with van der Waals surface area (Å²) in [5.41, 5.74) is 3.26. The zero-order chi connectivity index (χ0) is 24.8. The number of nitrogens with one attached hydrogen (secondary N) is 1. The highest BCUT2D eigenvalue weighted by Gasteiger charge is 2.27. The molecule has 0 fully saturated rings. The zero-order valence-corrected chi connectivity index (χ0v) is 22.5. The van der Waals surface area contributed by atoms with E-state index < -0.39 is 6.04 Å². The van der Waals surface area contributed by atoms with Crippen LogP contribution in [0.1, 0.15) is 64.7 Å². The van der Waals surface area contributed by atoms with Crippen LogP contribution in [-0.4, -0.2) is 35.4 Å². The third-order valence-corrected chi connectivity index (χ3v) is 6.54. The molecular weight excluding hydrogens is 480 g/mol. The zero-order valence-electron chi connectivity index (χ0n) is 20.9. The first-order chi connectivity index (χ1) is 15.4. The highest BCUT2D eigenvalue weighted by atomic mass is 79.9. The number of benzene rings is 2. The van der Waals surface area contributed by atoms with Gasteiger partial charge in [-0.3, -0.25) is 9.59 Å². The summed E-state index contributed by atoms with van der Waals surface area (Å²) in [6, 6.07) is 13.2. The summed E-state index contributed by atoms with van der Waals surface area (Å²) in [6.07, 6.45) is 0.825. The Morgan fingerprint density at radius 3 is 2.36 bits per heavy atom. The Morgan fingerprint density at radius 1 is 1.12 bits per heavy atom. The highest BCUT2D eigenvalue weighted by molar-refractivity contribution is 9.10. The van der Waals surface area contributed by atoms with Crippen LogP contribution in [0.25, 0.3) is 0 Å². The van der Waals surface area contributed by atoms with Gasteiger partial charge in [0.1, 0.15) is 11.8 Å². The maximum absolute atomic E-state index is 13.3. The lowest BCUT2D eigenvalue weighted by Crippen LogP contribution is -2.50. The molecule has 2 amide bonds. The number of rotatable bonds is 9. The molecular formula is C27H37BrN2O3. The van der Waals surface area contributed by atoms with E-state index in [1.165, 1.54) is 5.56 Å². The van der Waals surface area contributed by atoms with E-state index in [1.54, 1.807) is 11.8 Å². The first-order valence-corrected chi connectivity index (χ1v) is 12.3. The molecule has 2 atom stereocenters. The van der Waals surface area contributed by atoms with Crippen LogP contribution >= 0.6 is 15.9 Å². The third kappa shape index (κ3) is 7.60. The minimum atomic E-state index is -0.624. The molecule has 2 aromatic rings. The van der Waals surface area contributed by atoms with Gasteiger partial charge in [0.25, 0.3) is 5.91 Å². The van der Waals surface area contributed by atoms with E-state index >= 15 is 0 Å². The van der Waals surface area contributed by atoms with Crippen LogP contribution in [0.15, 0.2) is 46.9 Å². The summed E-state index contributed by atoms with van der Waals surface area (Å²) >= 11 is 3.56. The molecule has 2 aromatic carbocycles. The third-order valence-electron chi connectivity index (χ3n) is 5.92. The summed E-state index contributed by atoms with van der Waals surface area (Å²) < 4.78 is 6.68. The van der Waals surface area contributed by atoms with Gasteiger partial charge in [0.2, 0.25) is 5.91 Å². The molecule has 0 radical (unpaired) electrons. The van der Waals surface area contributed by atoms with E-state index in [2.05, 4.69) is 42.0 Å². The minimum absolute atomic E-state index is 0.0135. The van der Waals surface area contributed by atoms with Crippen LogP contribution in [-0.2, 0) is 21.5 Å². The molecule has 0 aromatic heterocycles. The largest absolute Gasteiger partial charge is 0.483 e. The number of halogens is 1. The number of hydrogen-bond acceptors (Lipinski definition) is 3. The van der Waals surface area contributed by atoms with Gasteiger partial charge in [-0.05, 0) is 77.4 Å². The number of carbonyl (C=O) groups is 2. The lowest BCUT2D eigenvalue weighted by Gasteiger charge is -2.30. The number of hydrogen-bond donors (Lipinski definition) is 1. The first kappa shape index (κ1) is 26.9. The molecule has 0 spiro atoms. The van der Waals surface area contributed by atoms with E-state index in [1.807, 2.05) is 63.2 Å². The summed E-state index contributed by atoms with van der Waals surface area (Å²) in [5.74, 6) is 0.197. The molecule has 0 aliphatic rings. The van der Waals surface area contributed by atoms with Gasteiger partial charge in [-0.25, -0.2) is 0 Å². The molecule has 180 valence electrons. The molecule has 0 heterocycles. The molecule has 0 saturated carbocycles. The SMILES string of the molecule is CCC(C)NC(=O)C(C)N(Cc1ccccc1C)C(=O)COc1ccc(C(C)(C)C)cc1Br. The minimum Gasteiger partial charge on any atom is -0.483 e. The van der Waals surface area contributed by atoms with E-state index in [-0.39, 0.29) is 29.9 Å². The van der Waals surface area contributed by atoms with Crippen molar-refractivity contribution < 1.29 is 14.3 Å². The number of carbonyl (C=O) groups excluding carboxylic acids is 2. The summed E-state index contributed by atoms with van der Waals surface area (Å²) in [7, 11) is 0. The Hall–Kier alpha value is -2.34. The van der Waals surface area contributed by atoms with Gasteiger partial charge in [0, 0.05) is 12.6 Å². The van der Waals surface area contributed by atoms with Crippen molar-refractivity contribution in [2.45, 2.75) is 78.9 Å². The molecule has 2 rings (SSSR count). The van der Waals surface area contributed by atoms with Gasteiger partial charge < -0.3 is 15.0 Å². The summed E-state index contributed by atoms with van der Waals surface area (Å²) in [6.45, 7) is 14.4. The van der Waals surface area contributed by atoms with Crippen LogP contribution in [0.3, 0.4) is 0 Å². The van der Waals surface area contributed by atoms with Crippen molar-refractivity contribution in [3.05, 3.63) is 63.6 Å². The lowest BCUT2D eigenvalue weighted by atomic mass is 9.87. The van der Waals surface area contributed by atoms with Crippen molar-refractivity contribution in [1.29, 1.82) is 0 Å². The fourth-order valence-electron chi connectivity index (χ4n) is 3.33. The summed E-state index contributed by atoms with van der Waals surface area (Å²) in [5, 5.41) is 2.99. The van der Waals surface area contributed by atoms with Crippen LogP contribution < -0.4 is 10.1 Å². The van der Waals surface area contributed by atoms with Gasteiger partial charge in [-0.1, -0.05) is 58.0 Å². The Labute approximate surface area is 207 Å². The van der Waals surface area contributed by atoms with Crippen molar-refractivity contribution >= 4 is 27.7 Å². The molecule has 33 heavy (non-hydrogen) atoms. The first-order valence-electron chi connectivity index (χ1n) is 11.5. The normalized spacial score (nSPS) is 13.2. The fourth-order valence-corrected chi connectivity index (χ4v) is 3.82. The highest BCUT2D eigenvalue weighted by Crippen LogP contribution is 2.31. The number of nitrogens with zero attached hydrogens (tertiary/aromatic N) is 1. The van der Waals surface area contributed by atoms with Crippen molar-refractivity contribution in [1.82, 2.24) is 10.2 Å². The molecule has 6 heteroatoms. The smallest absolute Gasteiger partial charge is 0.261 e. The van der Waals surface area contributed by atoms with Crippen LogP contribution in [0.4, 0.5) is 0 Å². The molecule has 0 bridgehead atoms. The van der Waals surface area contributed by atoms with E-state index in [9.17, 15) is 9.59 Å². The predicted molar refractivity (Wildman–Crippen MR) is 137 cm³/mol. The lowest BCUT2D eigenvalue weighted by molar-refractivity contribution is -0.142. The molecule has 5 nitrogen and oxygen atoms in total. The van der Waals surface area contributed by atoms with Gasteiger partial charge in [-0.2, -0.15) is 0 Å². The molecule has 0 aliphatic carbocycles. The van der Waals surface area contributed by atoms with Gasteiger partial charge >= 0.3 is 0 Å². The number of amides is 2. The van der Waals surface area contributed by atoms with Crippen LogP contribution in [0.5, 0.6) is 5.75 Å². The molecule has 1 N–H and O–H groups in total. The van der Waals surface area contributed by atoms with Gasteiger partial charge in [0.15, 0.2) is 6.61 Å². The second kappa shape index (κ2) is 11.7. The van der Waals surface area contributed by atoms with E-state index in [0.29, 0.717) is 12.3 Å². The standard InChI is InChI=1S/C27H37BrN2O3/c1-8-19(3)29-26(32)20(4)30(16-21-12-10-9-11-18(21)2)25(31)17-33-24-14-13-22(15-23(24)28)27(5,6)7/h9-15,19-20H,8,16-17H2,1-7H3,(H,29,32). The molecule has 0 saturated heterocycles. The monoisotopic (exact) mass is 516 g/mol. The quantitative estimate of drug-likeness (QED) is 0.460. The topological polar surface area (TPSA) is 58.6 Å². The predicted octanol–water partition coefficient (Wildman–Crippen LogP) is 5.77. The van der Waals surface area contributed by atoms with Crippen molar-refractivity contribution in [2.24, 2.45) is 0 Å². The maximum atomic E-state index is 13.3. The number of ether oxygens (including phenoxy) is 1. The Kier molecular flexibility index (Phi) is 9.53. The van der Waals surface area contributed by atoms with E-state index in [0.717, 1.165) is 22.0 Å². The van der Waals surface area contributed by atoms with Crippen molar-refractivity contribution in [2.75, 3.05) is 6.61 Å². The average Bonchev–Trinajstić information content (AvgIpc) is 2.76. The second-order valence-electron chi connectivity index (χ2n) is 9.63. The molecule has 0 aliphatic heterocycles.